The smallest absolute Gasteiger partial charge is 0.335 e. The van der Waals surface area contributed by atoms with Crippen molar-refractivity contribution in [2.45, 2.75) is 0 Å². The van der Waals surface area contributed by atoms with E-state index in [1.54, 1.807) is 6.07 Å². The van der Waals surface area contributed by atoms with Gasteiger partial charge in [0.1, 0.15) is 11.6 Å². The fraction of sp³-hybridized carbons (Fsp3) is 0. The van der Waals surface area contributed by atoms with Crippen LogP contribution in [-0.2, 0) is 0 Å². The van der Waals surface area contributed by atoms with Gasteiger partial charge in [-0.1, -0.05) is 15.9 Å². The molecule has 0 saturated heterocycles. The summed E-state index contributed by atoms with van der Waals surface area (Å²) in [6.45, 7) is 0. The number of halogens is 2. The molecule has 0 bridgehead atoms. The number of hydrogen-bond donors (Lipinski definition) is 2. The number of hydrogen-bond acceptors (Lipinski definition) is 3. The van der Waals surface area contributed by atoms with Crippen LogP contribution in [0.4, 0.5) is 10.1 Å². The van der Waals surface area contributed by atoms with Crippen molar-refractivity contribution in [1.29, 1.82) is 0 Å². The third kappa shape index (κ3) is 3.23. The minimum Gasteiger partial charge on any atom is -0.478 e. The Hall–Kier alpha value is -2.08. The van der Waals surface area contributed by atoms with E-state index in [9.17, 15) is 9.18 Å². The maximum atomic E-state index is 13.2. The van der Waals surface area contributed by atoms with Crippen LogP contribution in [0.25, 0.3) is 0 Å². The number of carbonyl (C=O) groups is 1. The van der Waals surface area contributed by atoms with E-state index in [4.69, 9.17) is 15.6 Å². The van der Waals surface area contributed by atoms with Crippen LogP contribution in [0.5, 0.6) is 11.5 Å². The van der Waals surface area contributed by atoms with Gasteiger partial charge in [0.2, 0.25) is 0 Å². The molecule has 2 rings (SSSR count). The van der Waals surface area contributed by atoms with Crippen molar-refractivity contribution in [2.24, 2.45) is 0 Å². The minimum atomic E-state index is -1.09. The van der Waals surface area contributed by atoms with Crippen LogP contribution in [0.2, 0.25) is 0 Å². The average molecular weight is 326 g/mol. The molecule has 0 heterocycles. The molecule has 2 aromatic carbocycles. The Labute approximate surface area is 116 Å². The molecule has 4 nitrogen and oxygen atoms in total. The lowest BCUT2D eigenvalue weighted by atomic mass is 10.2. The van der Waals surface area contributed by atoms with E-state index in [0.29, 0.717) is 4.47 Å². The highest BCUT2D eigenvalue weighted by Crippen LogP contribution is 2.30. The van der Waals surface area contributed by atoms with Crippen LogP contribution in [0.1, 0.15) is 10.4 Å². The lowest BCUT2D eigenvalue weighted by Gasteiger charge is -2.09. The van der Waals surface area contributed by atoms with Crippen molar-refractivity contribution in [3.8, 4) is 11.5 Å². The summed E-state index contributed by atoms with van der Waals surface area (Å²) in [6, 6.07) is 8.09. The van der Waals surface area contributed by atoms with E-state index in [0.717, 1.165) is 0 Å². The molecule has 19 heavy (non-hydrogen) atoms. The minimum absolute atomic E-state index is 0.0414. The quantitative estimate of drug-likeness (QED) is 0.844. The Morgan fingerprint density at radius 1 is 1.26 bits per heavy atom. The number of aromatic carboxylic acids is 1. The van der Waals surface area contributed by atoms with Gasteiger partial charge < -0.3 is 15.6 Å². The fourth-order valence-electron chi connectivity index (χ4n) is 1.47. The second kappa shape index (κ2) is 5.27. The number of nitrogen functional groups attached to an aromatic ring is 1. The molecular weight excluding hydrogens is 317 g/mol. The molecule has 0 aliphatic rings. The van der Waals surface area contributed by atoms with E-state index < -0.39 is 11.8 Å². The maximum Gasteiger partial charge on any atom is 0.335 e. The van der Waals surface area contributed by atoms with Crippen molar-refractivity contribution in [3.63, 3.8) is 0 Å². The molecule has 3 N–H and O–H groups in total. The summed E-state index contributed by atoms with van der Waals surface area (Å²) in [5, 5.41) is 8.89. The molecule has 0 radical (unpaired) electrons. The molecular formula is C13H9BrFNO3. The normalized spacial score (nSPS) is 10.2. The zero-order valence-electron chi connectivity index (χ0n) is 9.56. The second-order valence-electron chi connectivity index (χ2n) is 3.76. The zero-order valence-corrected chi connectivity index (χ0v) is 11.1. The number of carboxylic acid groups (broad SMARTS) is 1. The van der Waals surface area contributed by atoms with Crippen LogP contribution in [-0.4, -0.2) is 11.1 Å². The molecule has 0 saturated carbocycles. The first kappa shape index (κ1) is 13.4. The van der Waals surface area contributed by atoms with E-state index in [1.165, 1.54) is 30.3 Å². The molecule has 2 aromatic rings. The third-order valence-corrected chi connectivity index (χ3v) is 2.78. The summed E-state index contributed by atoms with van der Waals surface area (Å²) in [7, 11) is 0. The molecule has 0 spiro atoms. The Bertz CT molecular complexity index is 626. The highest BCUT2D eigenvalue weighted by atomic mass is 79.9. The molecule has 0 aliphatic carbocycles. The van der Waals surface area contributed by atoms with E-state index >= 15 is 0 Å². The van der Waals surface area contributed by atoms with Crippen LogP contribution in [0.3, 0.4) is 0 Å². The molecule has 0 amide bonds. The number of benzene rings is 2. The summed E-state index contributed by atoms with van der Waals surface area (Å²) in [5.41, 5.74) is 6.00. The largest absolute Gasteiger partial charge is 0.478 e. The van der Waals surface area contributed by atoms with Gasteiger partial charge in [0.15, 0.2) is 5.75 Å². The summed E-state index contributed by atoms with van der Waals surface area (Å²) < 4.78 is 19.1. The summed E-state index contributed by atoms with van der Waals surface area (Å²) in [4.78, 5) is 10.9. The van der Waals surface area contributed by atoms with Crippen molar-refractivity contribution in [1.82, 2.24) is 0 Å². The Balaban J connectivity index is 2.37. The van der Waals surface area contributed by atoms with Gasteiger partial charge in [-0.25, -0.2) is 9.18 Å². The van der Waals surface area contributed by atoms with Crippen molar-refractivity contribution >= 4 is 27.6 Å². The summed E-state index contributed by atoms with van der Waals surface area (Å²) in [6.07, 6.45) is 0. The Morgan fingerprint density at radius 3 is 2.63 bits per heavy atom. The fourth-order valence-corrected chi connectivity index (χ4v) is 1.91. The van der Waals surface area contributed by atoms with Crippen LogP contribution < -0.4 is 10.5 Å². The predicted octanol–water partition coefficient (Wildman–Crippen LogP) is 3.66. The van der Waals surface area contributed by atoms with Crippen molar-refractivity contribution in [3.05, 3.63) is 52.3 Å². The Kier molecular flexibility index (Phi) is 3.71. The van der Waals surface area contributed by atoms with Crippen LogP contribution in [0, 0.1) is 5.82 Å². The highest BCUT2D eigenvalue weighted by molar-refractivity contribution is 9.10. The van der Waals surface area contributed by atoms with Gasteiger partial charge in [-0.15, -0.1) is 0 Å². The van der Waals surface area contributed by atoms with Gasteiger partial charge in [0.25, 0.3) is 0 Å². The molecule has 0 atom stereocenters. The highest BCUT2D eigenvalue weighted by Gasteiger charge is 2.09. The van der Waals surface area contributed by atoms with Gasteiger partial charge in [0.05, 0.1) is 11.3 Å². The maximum absolute atomic E-state index is 13.2. The standard InChI is InChI=1S/C13H9BrFNO3/c14-8-4-9(15)6-10(5-8)19-12-3-7(13(17)18)1-2-11(12)16/h1-6H,16H2,(H,17,18). The third-order valence-electron chi connectivity index (χ3n) is 2.32. The molecule has 0 aliphatic heterocycles. The predicted molar refractivity (Wildman–Crippen MR) is 72.0 cm³/mol. The molecule has 0 unspecified atom stereocenters. The van der Waals surface area contributed by atoms with Gasteiger partial charge in [-0.05, 0) is 30.3 Å². The lowest BCUT2D eigenvalue weighted by molar-refractivity contribution is 0.0696. The second-order valence-corrected chi connectivity index (χ2v) is 4.68. The number of nitrogens with two attached hydrogens (primary N) is 1. The van der Waals surface area contributed by atoms with Crippen molar-refractivity contribution in [2.75, 3.05) is 5.73 Å². The van der Waals surface area contributed by atoms with E-state index in [1.807, 2.05) is 0 Å². The number of ether oxygens (including phenoxy) is 1. The van der Waals surface area contributed by atoms with Gasteiger partial charge in [0, 0.05) is 10.5 Å². The summed E-state index contributed by atoms with van der Waals surface area (Å²) >= 11 is 3.14. The van der Waals surface area contributed by atoms with Gasteiger partial charge in [-0.2, -0.15) is 0 Å². The Morgan fingerprint density at radius 2 is 2.00 bits per heavy atom. The average Bonchev–Trinajstić information content (AvgIpc) is 2.30. The number of rotatable bonds is 3. The van der Waals surface area contributed by atoms with Gasteiger partial charge in [-0.3, -0.25) is 0 Å². The number of carboxylic acids is 1. The number of anilines is 1. The SMILES string of the molecule is Nc1ccc(C(=O)O)cc1Oc1cc(F)cc(Br)c1. The monoisotopic (exact) mass is 325 g/mol. The molecule has 0 aromatic heterocycles. The molecule has 98 valence electrons. The van der Waals surface area contributed by atoms with Crippen molar-refractivity contribution < 1.29 is 19.0 Å². The first-order chi connectivity index (χ1) is 8.95. The van der Waals surface area contributed by atoms with E-state index in [-0.39, 0.29) is 22.7 Å². The first-order valence-electron chi connectivity index (χ1n) is 5.22. The first-order valence-corrected chi connectivity index (χ1v) is 6.02. The van der Waals surface area contributed by atoms with Gasteiger partial charge >= 0.3 is 5.97 Å². The lowest BCUT2D eigenvalue weighted by Crippen LogP contribution is -1.99. The van der Waals surface area contributed by atoms with E-state index in [2.05, 4.69) is 15.9 Å². The molecule has 0 fully saturated rings. The van der Waals surface area contributed by atoms with Crippen LogP contribution in [0.15, 0.2) is 40.9 Å². The van der Waals surface area contributed by atoms with Crippen LogP contribution >= 0.6 is 15.9 Å². The summed E-state index contributed by atoms with van der Waals surface area (Å²) in [5.74, 6) is -1.18. The topological polar surface area (TPSA) is 72.6 Å². The zero-order chi connectivity index (χ0) is 14.0. The molecule has 6 heteroatoms.